The van der Waals surface area contributed by atoms with Crippen LogP contribution in [0.3, 0.4) is 0 Å². The largest absolute Gasteiger partial charge is 0.495 e. The topological polar surface area (TPSA) is 97.6 Å². The quantitative estimate of drug-likeness (QED) is 0.643. The van der Waals surface area contributed by atoms with Gasteiger partial charge in [-0.1, -0.05) is 12.1 Å². The SMILES string of the molecule is COc1ccccc1S(=O)(=O)Nc1ccc2c(c1)/C(=C/c1ccco1)C(=O)N2. The van der Waals surface area contributed by atoms with Gasteiger partial charge in [0.2, 0.25) is 0 Å². The number of carbonyl (C=O) groups excluding carboxylic acids is 1. The highest BCUT2D eigenvalue weighted by atomic mass is 32.2. The van der Waals surface area contributed by atoms with Crippen molar-refractivity contribution >= 4 is 39.0 Å². The molecule has 2 N–H and O–H groups in total. The number of hydrogen-bond acceptors (Lipinski definition) is 5. The van der Waals surface area contributed by atoms with Crippen LogP contribution >= 0.6 is 0 Å². The van der Waals surface area contributed by atoms with Crippen LogP contribution in [0.15, 0.2) is 70.2 Å². The van der Waals surface area contributed by atoms with Crippen molar-refractivity contribution < 1.29 is 22.4 Å². The third-order valence-electron chi connectivity index (χ3n) is 4.24. The van der Waals surface area contributed by atoms with E-state index < -0.39 is 10.0 Å². The number of nitrogens with one attached hydrogen (secondary N) is 2. The number of benzene rings is 2. The molecule has 4 rings (SSSR count). The van der Waals surface area contributed by atoms with Crippen LogP contribution < -0.4 is 14.8 Å². The molecule has 142 valence electrons. The summed E-state index contributed by atoms with van der Waals surface area (Å²) >= 11 is 0. The highest BCUT2D eigenvalue weighted by Gasteiger charge is 2.26. The molecule has 8 heteroatoms. The molecule has 0 spiro atoms. The van der Waals surface area contributed by atoms with Crippen LogP contribution in [0.5, 0.6) is 5.75 Å². The molecule has 1 aliphatic heterocycles. The first-order valence-corrected chi connectivity index (χ1v) is 9.83. The van der Waals surface area contributed by atoms with Gasteiger partial charge in [-0.15, -0.1) is 0 Å². The van der Waals surface area contributed by atoms with E-state index in [-0.39, 0.29) is 16.6 Å². The first kappa shape index (κ1) is 17.9. The molecule has 7 nitrogen and oxygen atoms in total. The Kier molecular flexibility index (Phi) is 4.40. The predicted octanol–water partition coefficient (Wildman–Crippen LogP) is 3.58. The van der Waals surface area contributed by atoms with E-state index in [1.165, 1.54) is 19.4 Å². The van der Waals surface area contributed by atoms with Crippen LogP contribution in [0.2, 0.25) is 0 Å². The fourth-order valence-corrected chi connectivity index (χ4v) is 4.18. The molecule has 0 saturated heterocycles. The van der Waals surface area contributed by atoms with Gasteiger partial charge in [0.1, 0.15) is 16.4 Å². The number of anilines is 2. The summed E-state index contributed by atoms with van der Waals surface area (Å²) in [5.74, 6) is 0.487. The molecule has 1 aromatic heterocycles. The average Bonchev–Trinajstić information content (AvgIpc) is 3.30. The Balaban J connectivity index is 1.70. The van der Waals surface area contributed by atoms with Crippen molar-refractivity contribution in [3.05, 3.63) is 72.2 Å². The van der Waals surface area contributed by atoms with Crippen LogP contribution in [0.1, 0.15) is 11.3 Å². The van der Waals surface area contributed by atoms with E-state index in [1.54, 1.807) is 54.6 Å². The monoisotopic (exact) mass is 396 g/mol. The van der Waals surface area contributed by atoms with E-state index in [2.05, 4.69) is 10.0 Å². The Morgan fingerprint density at radius 1 is 1.11 bits per heavy atom. The molecule has 0 bridgehead atoms. The highest BCUT2D eigenvalue weighted by molar-refractivity contribution is 7.92. The maximum absolute atomic E-state index is 12.8. The van der Waals surface area contributed by atoms with Crippen molar-refractivity contribution in [2.75, 3.05) is 17.1 Å². The van der Waals surface area contributed by atoms with Crippen molar-refractivity contribution in [1.29, 1.82) is 0 Å². The summed E-state index contributed by atoms with van der Waals surface area (Å²) in [7, 11) is -2.46. The van der Waals surface area contributed by atoms with E-state index in [1.807, 2.05) is 0 Å². The second kappa shape index (κ2) is 6.90. The third-order valence-corrected chi connectivity index (χ3v) is 5.66. The molecule has 0 unspecified atom stereocenters. The zero-order valence-electron chi connectivity index (χ0n) is 14.8. The van der Waals surface area contributed by atoms with Gasteiger partial charge in [-0.25, -0.2) is 8.42 Å². The minimum Gasteiger partial charge on any atom is -0.495 e. The van der Waals surface area contributed by atoms with Gasteiger partial charge in [-0.3, -0.25) is 9.52 Å². The number of para-hydroxylation sites is 1. The number of sulfonamides is 1. The summed E-state index contributed by atoms with van der Waals surface area (Å²) in [4.78, 5) is 12.3. The van der Waals surface area contributed by atoms with Crippen molar-refractivity contribution in [2.45, 2.75) is 4.90 Å². The van der Waals surface area contributed by atoms with Crippen molar-refractivity contribution in [3.63, 3.8) is 0 Å². The van der Waals surface area contributed by atoms with Crippen molar-refractivity contribution in [1.82, 2.24) is 0 Å². The van der Waals surface area contributed by atoms with Gasteiger partial charge in [0.15, 0.2) is 0 Å². The number of carbonyl (C=O) groups is 1. The van der Waals surface area contributed by atoms with E-state index >= 15 is 0 Å². The molecule has 2 aromatic carbocycles. The number of hydrogen-bond donors (Lipinski definition) is 2. The van der Waals surface area contributed by atoms with Crippen LogP contribution in [-0.2, 0) is 14.8 Å². The summed E-state index contributed by atoms with van der Waals surface area (Å²) in [6.45, 7) is 0. The van der Waals surface area contributed by atoms with E-state index in [9.17, 15) is 13.2 Å². The number of furan rings is 1. The van der Waals surface area contributed by atoms with Crippen LogP contribution in [0.25, 0.3) is 11.6 Å². The lowest BCUT2D eigenvalue weighted by Crippen LogP contribution is -2.14. The Morgan fingerprint density at radius 2 is 1.93 bits per heavy atom. The molecule has 0 atom stereocenters. The lowest BCUT2D eigenvalue weighted by atomic mass is 10.1. The van der Waals surface area contributed by atoms with Crippen LogP contribution in [0.4, 0.5) is 11.4 Å². The Hall–Kier alpha value is -3.52. The van der Waals surface area contributed by atoms with Crippen LogP contribution in [-0.4, -0.2) is 21.4 Å². The van der Waals surface area contributed by atoms with Gasteiger partial charge in [-0.05, 0) is 48.5 Å². The molecular weight excluding hydrogens is 380 g/mol. The first-order valence-electron chi connectivity index (χ1n) is 8.35. The summed E-state index contributed by atoms with van der Waals surface area (Å²) in [5.41, 5.74) is 1.90. The molecule has 0 fully saturated rings. The standard InChI is InChI=1S/C20H16N2O5S/c1-26-18-6-2-3-7-19(18)28(24,25)22-13-8-9-17-15(11-13)16(20(23)21-17)12-14-5-4-10-27-14/h2-12,22H,1H3,(H,21,23)/b16-12-. The van der Waals surface area contributed by atoms with E-state index in [4.69, 9.17) is 9.15 Å². The predicted molar refractivity (Wildman–Crippen MR) is 105 cm³/mol. The normalized spacial score (nSPS) is 14.6. The van der Waals surface area contributed by atoms with Gasteiger partial charge in [0.25, 0.3) is 15.9 Å². The molecule has 2 heterocycles. The number of amides is 1. The van der Waals surface area contributed by atoms with Gasteiger partial charge in [-0.2, -0.15) is 0 Å². The number of ether oxygens (including phenoxy) is 1. The smallest absolute Gasteiger partial charge is 0.265 e. The molecule has 1 amide bonds. The summed E-state index contributed by atoms with van der Waals surface area (Å²) in [6, 6.07) is 14.6. The fourth-order valence-electron chi connectivity index (χ4n) is 2.96. The van der Waals surface area contributed by atoms with E-state index in [0.29, 0.717) is 28.3 Å². The van der Waals surface area contributed by atoms with Gasteiger partial charge < -0.3 is 14.5 Å². The van der Waals surface area contributed by atoms with Gasteiger partial charge in [0, 0.05) is 16.9 Å². The second-order valence-electron chi connectivity index (χ2n) is 6.04. The highest BCUT2D eigenvalue weighted by Crippen LogP contribution is 2.36. The molecule has 0 radical (unpaired) electrons. The molecule has 0 saturated carbocycles. The molecule has 28 heavy (non-hydrogen) atoms. The maximum Gasteiger partial charge on any atom is 0.265 e. The molecule has 3 aromatic rings. The minimum absolute atomic E-state index is 0.0264. The number of fused-ring (bicyclic) bond motifs is 1. The Labute approximate surface area is 161 Å². The van der Waals surface area contributed by atoms with Crippen molar-refractivity contribution in [3.8, 4) is 5.75 Å². The second-order valence-corrected chi connectivity index (χ2v) is 7.70. The number of methoxy groups -OCH3 is 1. The summed E-state index contributed by atoms with van der Waals surface area (Å²) in [6.07, 6.45) is 3.12. The molecular formula is C20H16N2O5S. The summed E-state index contributed by atoms with van der Waals surface area (Å²) < 4.78 is 38.5. The Morgan fingerprint density at radius 3 is 2.68 bits per heavy atom. The van der Waals surface area contributed by atoms with Crippen molar-refractivity contribution in [2.24, 2.45) is 0 Å². The van der Waals surface area contributed by atoms with E-state index in [0.717, 1.165) is 0 Å². The average molecular weight is 396 g/mol. The zero-order valence-corrected chi connectivity index (χ0v) is 15.6. The molecule has 0 aliphatic carbocycles. The first-order chi connectivity index (χ1) is 13.5. The lowest BCUT2D eigenvalue weighted by molar-refractivity contribution is -0.110. The Bertz CT molecular complexity index is 1180. The minimum atomic E-state index is -3.87. The lowest BCUT2D eigenvalue weighted by Gasteiger charge is -2.12. The number of rotatable bonds is 5. The van der Waals surface area contributed by atoms with Crippen LogP contribution in [0, 0.1) is 0 Å². The van der Waals surface area contributed by atoms with Gasteiger partial charge in [0.05, 0.1) is 18.9 Å². The third kappa shape index (κ3) is 3.25. The maximum atomic E-state index is 12.8. The molecule has 1 aliphatic rings. The fraction of sp³-hybridized carbons (Fsp3) is 0.0500. The van der Waals surface area contributed by atoms with Gasteiger partial charge >= 0.3 is 0 Å². The summed E-state index contributed by atoms with van der Waals surface area (Å²) in [5, 5.41) is 2.75. The zero-order chi connectivity index (χ0) is 19.7.